The van der Waals surface area contributed by atoms with Gasteiger partial charge >= 0.3 is 0 Å². The highest BCUT2D eigenvalue weighted by molar-refractivity contribution is 7.13. The van der Waals surface area contributed by atoms with Crippen LogP contribution in [-0.4, -0.2) is 35.2 Å². The number of nitrogens with zero attached hydrogens (tertiary/aromatic N) is 3. The first-order valence-corrected chi connectivity index (χ1v) is 9.76. The first-order valence-electron chi connectivity index (χ1n) is 8.88. The molecule has 4 rings (SSSR count). The first-order chi connectivity index (χ1) is 13.2. The minimum absolute atomic E-state index is 0.120. The number of H-pyrrole nitrogens is 1. The Balaban J connectivity index is 1.34. The number of aromatic amines is 1. The fourth-order valence-electron chi connectivity index (χ4n) is 3.28. The van der Waals surface area contributed by atoms with Crippen molar-refractivity contribution in [3.8, 4) is 16.6 Å². The third-order valence-corrected chi connectivity index (χ3v) is 5.66. The van der Waals surface area contributed by atoms with E-state index < -0.39 is 0 Å². The Labute approximate surface area is 161 Å². The molecule has 1 aromatic carbocycles. The van der Waals surface area contributed by atoms with Crippen molar-refractivity contribution in [1.29, 1.82) is 5.26 Å². The number of benzene rings is 1. The number of piperidine rings is 1. The van der Waals surface area contributed by atoms with Gasteiger partial charge in [0.1, 0.15) is 0 Å². The number of thiophene rings is 1. The van der Waals surface area contributed by atoms with Gasteiger partial charge in [0, 0.05) is 30.8 Å². The molecule has 27 heavy (non-hydrogen) atoms. The normalized spacial score (nSPS) is 14.7. The summed E-state index contributed by atoms with van der Waals surface area (Å²) in [7, 11) is 0. The number of anilines is 1. The van der Waals surface area contributed by atoms with E-state index >= 15 is 0 Å². The van der Waals surface area contributed by atoms with Crippen molar-refractivity contribution in [1.82, 2.24) is 15.5 Å². The van der Waals surface area contributed by atoms with Gasteiger partial charge < -0.3 is 10.2 Å². The second kappa shape index (κ2) is 7.64. The van der Waals surface area contributed by atoms with Gasteiger partial charge in [0.2, 0.25) is 0 Å². The quantitative estimate of drug-likeness (QED) is 0.730. The Morgan fingerprint density at radius 2 is 2.11 bits per heavy atom. The topological polar surface area (TPSA) is 84.8 Å². The molecule has 2 aromatic heterocycles. The maximum atomic E-state index is 12.4. The van der Waals surface area contributed by atoms with E-state index in [1.165, 1.54) is 4.88 Å². The fraction of sp³-hybridized carbons (Fsp3) is 0.250. The van der Waals surface area contributed by atoms with Gasteiger partial charge in [-0.25, -0.2) is 0 Å². The second-order valence-corrected chi connectivity index (χ2v) is 7.49. The first kappa shape index (κ1) is 17.3. The molecule has 1 fully saturated rings. The van der Waals surface area contributed by atoms with Crippen LogP contribution in [0.3, 0.4) is 0 Å². The maximum absolute atomic E-state index is 12.4. The highest BCUT2D eigenvalue weighted by atomic mass is 32.1. The van der Waals surface area contributed by atoms with Gasteiger partial charge in [-0.1, -0.05) is 12.1 Å². The number of nitrogens with one attached hydrogen (secondary N) is 2. The summed E-state index contributed by atoms with van der Waals surface area (Å²) in [6.45, 7) is 1.69. The van der Waals surface area contributed by atoms with E-state index in [1.807, 2.05) is 6.07 Å². The highest BCUT2D eigenvalue weighted by Crippen LogP contribution is 2.27. The molecule has 6 nitrogen and oxygen atoms in total. The molecule has 0 saturated carbocycles. The lowest BCUT2D eigenvalue weighted by Gasteiger charge is -2.32. The van der Waals surface area contributed by atoms with Gasteiger partial charge in [-0.05, 0) is 42.5 Å². The van der Waals surface area contributed by atoms with Crippen LogP contribution < -0.4 is 10.2 Å². The molecule has 1 aliphatic heterocycles. The van der Waals surface area contributed by atoms with Gasteiger partial charge in [0.25, 0.3) is 5.91 Å². The van der Waals surface area contributed by atoms with Crippen LogP contribution in [0.2, 0.25) is 0 Å². The van der Waals surface area contributed by atoms with Gasteiger partial charge in [0.05, 0.1) is 22.2 Å². The van der Waals surface area contributed by atoms with Crippen LogP contribution in [0.5, 0.6) is 0 Å². The van der Waals surface area contributed by atoms with Crippen molar-refractivity contribution in [2.24, 2.45) is 0 Å². The molecule has 136 valence electrons. The van der Waals surface area contributed by atoms with Crippen molar-refractivity contribution in [2.45, 2.75) is 18.9 Å². The molecule has 1 saturated heterocycles. The number of nitriles is 1. The molecule has 0 spiro atoms. The standard InChI is InChI=1S/C20H19N5OS/c21-13-14-3-1-4-15(11-14)20(26)22-16-6-8-25(9-7-16)19-12-17(23-24-19)18-5-2-10-27-18/h1-5,10-12,16H,6-9H2,(H,22,26)(H,23,24). The van der Waals surface area contributed by atoms with E-state index in [9.17, 15) is 4.79 Å². The van der Waals surface area contributed by atoms with Crippen LogP contribution in [0, 0.1) is 11.3 Å². The minimum atomic E-state index is -0.120. The third-order valence-electron chi connectivity index (χ3n) is 4.76. The summed E-state index contributed by atoms with van der Waals surface area (Å²) in [5.41, 5.74) is 2.06. The molecule has 7 heteroatoms. The Hall–Kier alpha value is -3.11. The number of carbonyl (C=O) groups excluding carboxylic acids is 1. The largest absolute Gasteiger partial charge is 0.355 e. The summed E-state index contributed by atoms with van der Waals surface area (Å²) in [5.74, 6) is 0.829. The van der Waals surface area contributed by atoms with E-state index in [0.29, 0.717) is 11.1 Å². The van der Waals surface area contributed by atoms with Gasteiger partial charge in [0.15, 0.2) is 5.82 Å². The lowest BCUT2D eigenvalue weighted by Crippen LogP contribution is -2.44. The SMILES string of the molecule is N#Cc1cccc(C(=O)NC2CCN(c3cc(-c4cccs4)[nH]n3)CC2)c1. The lowest BCUT2D eigenvalue weighted by atomic mass is 10.0. The summed E-state index contributed by atoms with van der Waals surface area (Å²) in [4.78, 5) is 15.8. The van der Waals surface area contributed by atoms with Crippen LogP contribution in [0.4, 0.5) is 5.82 Å². The Morgan fingerprint density at radius 3 is 2.85 bits per heavy atom. The summed E-state index contributed by atoms with van der Waals surface area (Å²) >= 11 is 1.69. The average molecular weight is 377 g/mol. The zero-order valence-corrected chi connectivity index (χ0v) is 15.5. The number of hydrogen-bond donors (Lipinski definition) is 2. The van der Waals surface area contributed by atoms with Crippen LogP contribution in [-0.2, 0) is 0 Å². The van der Waals surface area contributed by atoms with E-state index in [4.69, 9.17) is 5.26 Å². The van der Waals surface area contributed by atoms with Crippen molar-refractivity contribution < 1.29 is 4.79 Å². The van der Waals surface area contributed by atoms with Gasteiger partial charge in [-0.2, -0.15) is 10.4 Å². The highest BCUT2D eigenvalue weighted by Gasteiger charge is 2.23. The number of aromatic nitrogens is 2. The van der Waals surface area contributed by atoms with Crippen molar-refractivity contribution in [3.63, 3.8) is 0 Å². The smallest absolute Gasteiger partial charge is 0.251 e. The van der Waals surface area contributed by atoms with E-state index in [2.05, 4.69) is 44.0 Å². The lowest BCUT2D eigenvalue weighted by molar-refractivity contribution is 0.0931. The number of carbonyl (C=O) groups is 1. The van der Waals surface area contributed by atoms with Gasteiger partial charge in [-0.3, -0.25) is 9.89 Å². The second-order valence-electron chi connectivity index (χ2n) is 6.54. The summed E-state index contributed by atoms with van der Waals surface area (Å²) < 4.78 is 0. The van der Waals surface area contributed by atoms with Gasteiger partial charge in [-0.15, -0.1) is 11.3 Å². The van der Waals surface area contributed by atoms with E-state index in [1.54, 1.807) is 35.6 Å². The third kappa shape index (κ3) is 3.86. The molecule has 0 atom stereocenters. The van der Waals surface area contributed by atoms with E-state index in [-0.39, 0.29) is 11.9 Å². The molecule has 0 aliphatic carbocycles. The van der Waals surface area contributed by atoms with Crippen molar-refractivity contribution in [2.75, 3.05) is 18.0 Å². The predicted octanol–water partition coefficient (Wildman–Crippen LogP) is 3.41. The number of amides is 1. The monoisotopic (exact) mass is 377 g/mol. The zero-order chi connectivity index (χ0) is 18.6. The molecule has 1 amide bonds. The maximum Gasteiger partial charge on any atom is 0.251 e. The Kier molecular flexibility index (Phi) is 4.90. The summed E-state index contributed by atoms with van der Waals surface area (Å²) in [6, 6.07) is 15.2. The molecular weight excluding hydrogens is 358 g/mol. The molecule has 3 aromatic rings. The molecular formula is C20H19N5OS. The Bertz CT molecular complexity index is 964. The molecule has 0 radical (unpaired) electrons. The number of hydrogen-bond acceptors (Lipinski definition) is 5. The van der Waals surface area contributed by atoms with Crippen LogP contribution in [0.1, 0.15) is 28.8 Å². The predicted molar refractivity (Wildman–Crippen MR) is 106 cm³/mol. The van der Waals surface area contributed by atoms with Crippen molar-refractivity contribution >= 4 is 23.1 Å². The molecule has 2 N–H and O–H groups in total. The number of rotatable bonds is 4. The summed E-state index contributed by atoms with van der Waals surface area (Å²) in [6.07, 6.45) is 1.73. The molecule has 0 unspecified atom stereocenters. The van der Waals surface area contributed by atoms with Crippen LogP contribution in [0.25, 0.3) is 10.6 Å². The molecule has 0 bridgehead atoms. The molecule has 3 heterocycles. The summed E-state index contributed by atoms with van der Waals surface area (Å²) in [5, 5.41) is 21.6. The molecule has 1 aliphatic rings. The fourth-order valence-corrected chi connectivity index (χ4v) is 3.98. The van der Waals surface area contributed by atoms with Crippen molar-refractivity contribution in [3.05, 3.63) is 59.0 Å². The van der Waals surface area contributed by atoms with Crippen LogP contribution in [0.15, 0.2) is 47.8 Å². The van der Waals surface area contributed by atoms with Crippen LogP contribution >= 0.6 is 11.3 Å². The average Bonchev–Trinajstić information content (AvgIpc) is 3.40. The minimum Gasteiger partial charge on any atom is -0.355 e. The van der Waals surface area contributed by atoms with E-state index in [0.717, 1.165) is 37.4 Å². The zero-order valence-electron chi connectivity index (χ0n) is 14.7. The Morgan fingerprint density at radius 1 is 1.26 bits per heavy atom.